The van der Waals surface area contributed by atoms with E-state index in [-0.39, 0.29) is 5.75 Å². The highest BCUT2D eigenvalue weighted by molar-refractivity contribution is 7.93. The molecule has 0 aliphatic carbocycles. The van der Waals surface area contributed by atoms with Gasteiger partial charge in [0.05, 0.1) is 9.92 Å². The van der Waals surface area contributed by atoms with E-state index in [2.05, 4.69) is 4.98 Å². The van der Waals surface area contributed by atoms with E-state index in [0.29, 0.717) is 32.9 Å². The lowest BCUT2D eigenvalue weighted by Crippen LogP contribution is -1.86. The highest BCUT2D eigenvalue weighted by Gasteiger charge is 2.11. The Morgan fingerprint density at radius 1 is 1.40 bits per heavy atom. The number of pyridine rings is 1. The number of nitrogens with zero attached hydrogens (tertiary/aromatic N) is 1. The summed E-state index contributed by atoms with van der Waals surface area (Å²) in [4.78, 5) is 4.50. The van der Waals surface area contributed by atoms with Gasteiger partial charge in [0.15, 0.2) is 5.75 Å². The van der Waals surface area contributed by atoms with Gasteiger partial charge in [0.2, 0.25) is 0 Å². The summed E-state index contributed by atoms with van der Waals surface area (Å²) in [5.74, 6) is -0.0365. The molecule has 0 aliphatic heterocycles. The maximum Gasteiger partial charge on any atom is 0.157 e. The van der Waals surface area contributed by atoms with E-state index in [4.69, 9.17) is 16.2 Å². The van der Waals surface area contributed by atoms with Crippen LogP contribution < -0.4 is 0 Å². The number of aryl methyl sites for hydroxylation is 1. The third kappa shape index (κ3) is 1.76. The van der Waals surface area contributed by atoms with Crippen molar-refractivity contribution in [2.75, 3.05) is 0 Å². The summed E-state index contributed by atoms with van der Waals surface area (Å²) in [6.07, 6.45) is 0. The molecule has 3 nitrogen and oxygen atoms in total. The van der Waals surface area contributed by atoms with Gasteiger partial charge in [0.1, 0.15) is 5.52 Å². The number of fused-ring (bicyclic) bond motifs is 1. The van der Waals surface area contributed by atoms with Gasteiger partial charge in [-0.1, -0.05) is 11.6 Å². The topological polar surface area (TPSA) is 53.4 Å². The van der Waals surface area contributed by atoms with Crippen molar-refractivity contribution in [1.82, 2.24) is 4.98 Å². The van der Waals surface area contributed by atoms with Crippen LogP contribution in [0, 0.1) is 6.92 Å². The van der Waals surface area contributed by atoms with E-state index in [1.54, 1.807) is 6.07 Å². The largest absolute Gasteiger partial charge is 0.504 e. The molecule has 0 saturated carbocycles. The first-order valence-electron chi connectivity index (χ1n) is 4.23. The van der Waals surface area contributed by atoms with Crippen molar-refractivity contribution in [3.8, 4) is 5.75 Å². The molecule has 1 aromatic heterocycles. The van der Waals surface area contributed by atoms with Gasteiger partial charge in [-0.3, -0.25) is 0 Å². The minimum absolute atomic E-state index is 0.0365. The second-order valence-corrected chi connectivity index (χ2v) is 4.17. The predicted molar refractivity (Wildman–Crippen MR) is 61.6 cm³/mol. The molecule has 1 aromatic carbocycles. The number of rotatable bonds is 1. The molecule has 1 heterocycles. The Hall–Kier alpha value is -0.970. The number of halogens is 1. The molecule has 78 valence electrons. The molecule has 0 bridgehead atoms. The average molecular weight is 242 g/mol. The Bertz CT molecular complexity index is 530. The Morgan fingerprint density at radius 2 is 2.13 bits per heavy atom. The summed E-state index contributed by atoms with van der Waals surface area (Å²) < 4.78 is 8.94. The second-order valence-electron chi connectivity index (χ2n) is 3.15. The minimum Gasteiger partial charge on any atom is -0.504 e. The van der Waals surface area contributed by atoms with Crippen LogP contribution in [0.1, 0.15) is 5.69 Å². The predicted octanol–water partition coefficient (Wildman–Crippen LogP) is 3.47. The van der Waals surface area contributed by atoms with Crippen molar-refractivity contribution in [3.05, 3.63) is 28.9 Å². The van der Waals surface area contributed by atoms with Crippen LogP contribution >= 0.6 is 23.6 Å². The van der Waals surface area contributed by atoms with Crippen molar-refractivity contribution in [1.29, 1.82) is 0 Å². The molecule has 0 spiro atoms. The van der Waals surface area contributed by atoms with Gasteiger partial charge in [0.25, 0.3) is 0 Å². The van der Waals surface area contributed by atoms with Gasteiger partial charge in [-0.25, -0.2) is 4.98 Å². The van der Waals surface area contributed by atoms with Gasteiger partial charge in [-0.2, -0.15) is 0 Å². The molecule has 0 unspecified atom stereocenters. The zero-order valence-corrected chi connectivity index (χ0v) is 9.43. The monoisotopic (exact) mass is 241 g/mol. The van der Waals surface area contributed by atoms with E-state index in [1.165, 1.54) is 6.07 Å². The lowest BCUT2D eigenvalue weighted by atomic mass is 10.2. The minimum atomic E-state index is -0.0365. The number of benzene rings is 1. The normalized spacial score (nSPS) is 10.9. The van der Waals surface area contributed by atoms with Gasteiger partial charge >= 0.3 is 0 Å². The first kappa shape index (κ1) is 10.5. The zero-order chi connectivity index (χ0) is 11.0. The molecule has 0 atom stereocenters. The molecule has 2 aromatic rings. The van der Waals surface area contributed by atoms with E-state index in [1.807, 2.05) is 13.0 Å². The smallest absolute Gasteiger partial charge is 0.157 e. The van der Waals surface area contributed by atoms with Crippen molar-refractivity contribution >= 4 is 34.5 Å². The summed E-state index contributed by atoms with van der Waals surface area (Å²) in [7, 11) is 0. The number of aromatic nitrogens is 1. The SMILES string of the molecule is Cc1ccc2c(Cl)cc(SO)c(O)c2n1. The fourth-order valence-corrected chi connectivity index (χ4v) is 2.06. The van der Waals surface area contributed by atoms with Gasteiger partial charge in [-0.05, 0) is 25.1 Å². The Labute approximate surface area is 95.9 Å². The van der Waals surface area contributed by atoms with Crippen molar-refractivity contribution in [3.63, 3.8) is 0 Å². The summed E-state index contributed by atoms with van der Waals surface area (Å²) in [6, 6.07) is 5.13. The maximum atomic E-state index is 9.80. The molecule has 2 rings (SSSR count). The number of hydrogen-bond donors (Lipinski definition) is 2. The average Bonchev–Trinajstić information content (AvgIpc) is 2.23. The van der Waals surface area contributed by atoms with Crippen LogP contribution in [0.25, 0.3) is 10.9 Å². The second kappa shape index (κ2) is 3.89. The molecule has 0 amide bonds. The third-order valence-corrected chi connectivity index (χ3v) is 2.93. The maximum absolute atomic E-state index is 9.80. The van der Waals surface area contributed by atoms with Crippen molar-refractivity contribution < 1.29 is 9.66 Å². The van der Waals surface area contributed by atoms with E-state index in [9.17, 15) is 5.11 Å². The quantitative estimate of drug-likeness (QED) is 0.751. The fraction of sp³-hybridized carbons (Fsp3) is 0.100. The van der Waals surface area contributed by atoms with Crippen LogP contribution in [-0.2, 0) is 0 Å². The number of phenols is 1. The fourth-order valence-electron chi connectivity index (χ4n) is 1.38. The Kier molecular flexibility index (Phi) is 2.73. The lowest BCUT2D eigenvalue weighted by molar-refractivity contribution is 0.466. The van der Waals surface area contributed by atoms with E-state index < -0.39 is 0 Å². The molecule has 5 heteroatoms. The Balaban J connectivity index is 2.88. The molecular formula is C10H8ClNO2S. The number of aromatic hydroxyl groups is 1. The lowest BCUT2D eigenvalue weighted by Gasteiger charge is -2.06. The number of phenolic OH excluding ortho intramolecular Hbond substituents is 1. The molecule has 0 radical (unpaired) electrons. The van der Waals surface area contributed by atoms with Crippen LogP contribution in [0.2, 0.25) is 5.02 Å². The summed E-state index contributed by atoms with van der Waals surface area (Å²) in [5.41, 5.74) is 1.20. The van der Waals surface area contributed by atoms with Crippen LogP contribution in [0.15, 0.2) is 23.1 Å². The zero-order valence-electron chi connectivity index (χ0n) is 7.86. The van der Waals surface area contributed by atoms with E-state index >= 15 is 0 Å². The molecule has 15 heavy (non-hydrogen) atoms. The van der Waals surface area contributed by atoms with Crippen LogP contribution in [0.3, 0.4) is 0 Å². The van der Waals surface area contributed by atoms with Gasteiger partial charge in [-0.15, -0.1) is 0 Å². The molecule has 0 aliphatic rings. The third-order valence-electron chi connectivity index (χ3n) is 2.11. The highest BCUT2D eigenvalue weighted by atomic mass is 35.5. The molecule has 0 saturated heterocycles. The first-order valence-corrected chi connectivity index (χ1v) is 5.39. The van der Waals surface area contributed by atoms with Crippen LogP contribution in [0.5, 0.6) is 5.75 Å². The number of hydrogen-bond acceptors (Lipinski definition) is 4. The van der Waals surface area contributed by atoms with Crippen molar-refractivity contribution in [2.45, 2.75) is 11.8 Å². The summed E-state index contributed by atoms with van der Waals surface area (Å²) in [5, 5.41) is 10.9. The first-order chi connectivity index (χ1) is 7.13. The summed E-state index contributed by atoms with van der Waals surface area (Å²) >= 11 is 6.45. The van der Waals surface area contributed by atoms with Gasteiger partial charge in [0, 0.05) is 23.1 Å². The molecular weight excluding hydrogens is 234 g/mol. The van der Waals surface area contributed by atoms with Crippen LogP contribution in [0.4, 0.5) is 0 Å². The standard InChI is InChI=1S/C10H8ClNO2S/c1-5-2-3-6-7(11)4-8(15-14)10(13)9(6)12-5/h2-4,13-14H,1H3. The highest BCUT2D eigenvalue weighted by Crippen LogP contribution is 2.37. The van der Waals surface area contributed by atoms with Gasteiger partial charge < -0.3 is 9.66 Å². The van der Waals surface area contributed by atoms with Crippen molar-refractivity contribution in [2.24, 2.45) is 0 Å². The van der Waals surface area contributed by atoms with E-state index in [0.717, 1.165) is 5.69 Å². The summed E-state index contributed by atoms with van der Waals surface area (Å²) in [6.45, 7) is 1.82. The molecule has 2 N–H and O–H groups in total. The van der Waals surface area contributed by atoms with Crippen LogP contribution in [-0.4, -0.2) is 14.6 Å². The molecule has 0 fully saturated rings. The Morgan fingerprint density at radius 3 is 2.80 bits per heavy atom.